The van der Waals surface area contributed by atoms with Crippen LogP contribution in [-0.4, -0.2) is 30.0 Å². The number of amides is 1. The molecule has 0 bridgehead atoms. The van der Waals surface area contributed by atoms with Crippen LogP contribution in [0.5, 0.6) is 0 Å². The van der Waals surface area contributed by atoms with Crippen molar-refractivity contribution < 1.29 is 14.3 Å². The number of carbonyl (C=O) groups is 2. The lowest BCUT2D eigenvalue weighted by Crippen LogP contribution is -2.34. The Morgan fingerprint density at radius 1 is 1.55 bits per heavy atom. The molecule has 0 atom stereocenters. The number of pyridine rings is 1. The SMILES string of the molecule is CCOC(=O)CN1C(=O)Cc2c1nc(N)c(C#N)c2N. The van der Waals surface area contributed by atoms with Crippen molar-refractivity contribution in [1.29, 1.82) is 5.26 Å². The molecule has 2 rings (SSSR count). The van der Waals surface area contributed by atoms with Crippen molar-refractivity contribution in [3.05, 3.63) is 11.1 Å². The number of hydrogen-bond acceptors (Lipinski definition) is 7. The number of ether oxygens (including phenoxy) is 1. The van der Waals surface area contributed by atoms with Gasteiger partial charge in [0.2, 0.25) is 5.91 Å². The number of fused-ring (bicyclic) bond motifs is 1. The zero-order valence-electron chi connectivity index (χ0n) is 10.8. The molecule has 1 aromatic heterocycles. The fourth-order valence-corrected chi connectivity index (χ4v) is 2.03. The Kier molecular flexibility index (Phi) is 3.43. The van der Waals surface area contributed by atoms with Gasteiger partial charge in [-0.15, -0.1) is 0 Å². The van der Waals surface area contributed by atoms with E-state index < -0.39 is 5.97 Å². The van der Waals surface area contributed by atoms with Gasteiger partial charge in [0.15, 0.2) is 0 Å². The highest BCUT2D eigenvalue weighted by atomic mass is 16.5. The maximum absolute atomic E-state index is 11.9. The van der Waals surface area contributed by atoms with E-state index in [0.29, 0.717) is 5.56 Å². The summed E-state index contributed by atoms with van der Waals surface area (Å²) in [5, 5.41) is 8.96. The molecule has 104 valence electrons. The topological polar surface area (TPSA) is 135 Å². The molecule has 4 N–H and O–H groups in total. The van der Waals surface area contributed by atoms with Crippen LogP contribution in [0.2, 0.25) is 0 Å². The molecule has 0 radical (unpaired) electrons. The van der Waals surface area contributed by atoms with E-state index >= 15 is 0 Å². The highest BCUT2D eigenvalue weighted by Crippen LogP contribution is 2.35. The zero-order valence-corrected chi connectivity index (χ0v) is 10.8. The third kappa shape index (κ3) is 2.09. The van der Waals surface area contributed by atoms with Crippen LogP contribution in [0.3, 0.4) is 0 Å². The molecule has 1 aliphatic heterocycles. The van der Waals surface area contributed by atoms with E-state index in [2.05, 4.69) is 4.98 Å². The van der Waals surface area contributed by atoms with Crippen molar-refractivity contribution in [1.82, 2.24) is 4.98 Å². The van der Waals surface area contributed by atoms with E-state index in [4.69, 9.17) is 21.5 Å². The molecule has 8 heteroatoms. The second kappa shape index (κ2) is 5.05. The second-order valence-electron chi connectivity index (χ2n) is 4.16. The van der Waals surface area contributed by atoms with Gasteiger partial charge in [0, 0.05) is 5.56 Å². The maximum Gasteiger partial charge on any atom is 0.326 e. The number of aromatic nitrogens is 1. The summed E-state index contributed by atoms with van der Waals surface area (Å²) in [6.07, 6.45) is -0.0114. The monoisotopic (exact) mass is 275 g/mol. The largest absolute Gasteiger partial charge is 0.465 e. The van der Waals surface area contributed by atoms with E-state index in [0.717, 1.165) is 0 Å². The van der Waals surface area contributed by atoms with Crippen LogP contribution >= 0.6 is 0 Å². The molecule has 20 heavy (non-hydrogen) atoms. The van der Waals surface area contributed by atoms with Gasteiger partial charge >= 0.3 is 5.97 Å². The smallest absolute Gasteiger partial charge is 0.326 e. The van der Waals surface area contributed by atoms with E-state index in [9.17, 15) is 9.59 Å². The van der Waals surface area contributed by atoms with E-state index in [1.54, 1.807) is 6.92 Å². The van der Waals surface area contributed by atoms with Gasteiger partial charge in [-0.2, -0.15) is 5.26 Å². The van der Waals surface area contributed by atoms with Crippen LogP contribution in [-0.2, 0) is 20.7 Å². The van der Waals surface area contributed by atoms with Gasteiger partial charge in [-0.1, -0.05) is 0 Å². The molecular formula is C12H13N5O3. The Morgan fingerprint density at radius 3 is 2.85 bits per heavy atom. The average Bonchev–Trinajstić information content (AvgIpc) is 2.68. The first-order valence-electron chi connectivity index (χ1n) is 5.93. The third-order valence-corrected chi connectivity index (χ3v) is 2.94. The number of rotatable bonds is 3. The van der Waals surface area contributed by atoms with Crippen molar-refractivity contribution in [2.24, 2.45) is 0 Å². The fraction of sp³-hybridized carbons (Fsp3) is 0.333. The minimum absolute atomic E-state index is 0.0114. The second-order valence-corrected chi connectivity index (χ2v) is 4.16. The Balaban J connectivity index is 2.41. The molecule has 0 saturated heterocycles. The molecule has 1 aromatic rings. The van der Waals surface area contributed by atoms with Gasteiger partial charge in [0.05, 0.1) is 18.7 Å². The summed E-state index contributed by atoms with van der Waals surface area (Å²) >= 11 is 0. The molecule has 0 unspecified atom stereocenters. The first-order valence-corrected chi connectivity index (χ1v) is 5.93. The Morgan fingerprint density at radius 2 is 2.25 bits per heavy atom. The summed E-state index contributed by atoms with van der Waals surface area (Å²) in [7, 11) is 0. The molecule has 0 saturated carbocycles. The summed E-state index contributed by atoms with van der Waals surface area (Å²) in [6.45, 7) is 1.64. The molecule has 0 aromatic carbocycles. The normalized spacial score (nSPS) is 13.0. The average molecular weight is 275 g/mol. The van der Waals surface area contributed by atoms with Crippen LogP contribution in [0.25, 0.3) is 0 Å². The molecule has 8 nitrogen and oxygen atoms in total. The lowest BCUT2D eigenvalue weighted by atomic mass is 10.1. The van der Waals surface area contributed by atoms with Gasteiger partial charge in [-0.05, 0) is 6.92 Å². The number of nitrogens with zero attached hydrogens (tertiary/aromatic N) is 3. The fourth-order valence-electron chi connectivity index (χ4n) is 2.03. The van der Waals surface area contributed by atoms with Gasteiger partial charge in [-0.3, -0.25) is 14.5 Å². The van der Waals surface area contributed by atoms with Crippen LogP contribution in [0, 0.1) is 11.3 Å². The quantitative estimate of drug-likeness (QED) is 0.714. The zero-order chi connectivity index (χ0) is 14.9. The summed E-state index contributed by atoms with van der Waals surface area (Å²) in [5.41, 5.74) is 12.1. The van der Waals surface area contributed by atoms with Gasteiger partial charge in [0.25, 0.3) is 0 Å². The predicted octanol–water partition coefficient (Wildman–Crippen LogP) is -0.430. The van der Waals surface area contributed by atoms with E-state index in [1.165, 1.54) is 4.90 Å². The number of carbonyl (C=O) groups excluding carboxylic acids is 2. The standard InChI is InChI=1S/C12H13N5O3/c1-2-20-9(19)5-17-8(18)3-6-10(14)7(4-13)11(15)16-12(6)17/h2-3,5H2,1H3,(H4,14,15,16). The van der Waals surface area contributed by atoms with Gasteiger partial charge in [0.1, 0.15) is 29.8 Å². The molecular weight excluding hydrogens is 262 g/mol. The van der Waals surface area contributed by atoms with Crippen LogP contribution < -0.4 is 16.4 Å². The number of esters is 1. The van der Waals surface area contributed by atoms with Crippen molar-refractivity contribution in [3.8, 4) is 6.07 Å². The number of nitrogen functional groups attached to an aromatic ring is 2. The van der Waals surface area contributed by atoms with E-state index in [1.807, 2.05) is 6.07 Å². The first-order chi connectivity index (χ1) is 9.49. The Bertz CT molecular complexity index is 635. The number of nitrogens with two attached hydrogens (primary N) is 2. The molecule has 2 heterocycles. The maximum atomic E-state index is 11.9. The molecule has 1 amide bonds. The Labute approximate surface area is 114 Å². The van der Waals surface area contributed by atoms with Crippen molar-refractivity contribution in [2.45, 2.75) is 13.3 Å². The minimum atomic E-state index is -0.544. The van der Waals surface area contributed by atoms with E-state index in [-0.39, 0.29) is 48.4 Å². The van der Waals surface area contributed by atoms with Crippen LogP contribution in [0.4, 0.5) is 17.3 Å². The third-order valence-electron chi connectivity index (χ3n) is 2.94. The molecule has 0 fully saturated rings. The summed E-state index contributed by atoms with van der Waals surface area (Å²) < 4.78 is 4.80. The summed E-state index contributed by atoms with van der Waals surface area (Å²) in [6, 6.07) is 1.85. The molecule has 0 aliphatic carbocycles. The number of hydrogen-bond donors (Lipinski definition) is 2. The summed E-state index contributed by atoms with van der Waals surface area (Å²) in [4.78, 5) is 28.6. The number of nitriles is 1. The highest BCUT2D eigenvalue weighted by molar-refractivity contribution is 6.05. The predicted molar refractivity (Wildman–Crippen MR) is 70.5 cm³/mol. The lowest BCUT2D eigenvalue weighted by molar-refractivity contribution is -0.142. The van der Waals surface area contributed by atoms with Gasteiger partial charge < -0.3 is 16.2 Å². The first kappa shape index (κ1) is 13.6. The summed E-state index contributed by atoms with van der Waals surface area (Å²) in [5.74, 6) is -0.719. The van der Waals surface area contributed by atoms with Gasteiger partial charge in [-0.25, -0.2) is 4.98 Å². The molecule has 0 spiro atoms. The van der Waals surface area contributed by atoms with Crippen molar-refractivity contribution >= 4 is 29.2 Å². The van der Waals surface area contributed by atoms with Crippen LogP contribution in [0.1, 0.15) is 18.1 Å². The lowest BCUT2D eigenvalue weighted by Gasteiger charge is -2.16. The van der Waals surface area contributed by atoms with Crippen molar-refractivity contribution in [2.75, 3.05) is 29.5 Å². The van der Waals surface area contributed by atoms with Crippen LogP contribution in [0.15, 0.2) is 0 Å². The number of anilines is 3. The van der Waals surface area contributed by atoms with Crippen molar-refractivity contribution in [3.63, 3.8) is 0 Å². The molecule has 1 aliphatic rings. The highest BCUT2D eigenvalue weighted by Gasteiger charge is 2.34. The minimum Gasteiger partial charge on any atom is -0.465 e. The Hall–Kier alpha value is -2.82.